The maximum atomic E-state index is 11.1. The Morgan fingerprint density at radius 2 is 2.13 bits per heavy atom. The molecule has 15 heavy (non-hydrogen) atoms. The van der Waals surface area contributed by atoms with Crippen LogP contribution in [0.3, 0.4) is 0 Å². The van der Waals surface area contributed by atoms with Gasteiger partial charge in [-0.05, 0) is 24.1 Å². The predicted octanol–water partition coefficient (Wildman–Crippen LogP) is 1.86. The monoisotopic (exact) mass is 225 g/mol. The van der Waals surface area contributed by atoms with E-state index in [0.29, 0.717) is 11.4 Å². The van der Waals surface area contributed by atoms with Crippen molar-refractivity contribution in [1.29, 1.82) is 0 Å². The van der Waals surface area contributed by atoms with Crippen molar-refractivity contribution in [3.05, 3.63) is 34.9 Å². The summed E-state index contributed by atoms with van der Waals surface area (Å²) in [5, 5.41) is 9.74. The van der Waals surface area contributed by atoms with Gasteiger partial charge in [0.2, 0.25) is 0 Å². The normalized spacial score (nSPS) is 28.8. The van der Waals surface area contributed by atoms with Gasteiger partial charge >= 0.3 is 5.97 Å². The van der Waals surface area contributed by atoms with Crippen molar-refractivity contribution in [2.24, 2.45) is 11.1 Å². The van der Waals surface area contributed by atoms with Crippen molar-refractivity contribution >= 4 is 17.6 Å². The molecule has 1 aromatic rings. The fraction of sp³-hybridized carbons (Fsp3) is 0.364. The molecular weight excluding hydrogens is 214 g/mol. The number of carbonyl (C=O) groups is 1. The van der Waals surface area contributed by atoms with Crippen LogP contribution in [-0.4, -0.2) is 17.6 Å². The van der Waals surface area contributed by atoms with Gasteiger partial charge in [-0.2, -0.15) is 0 Å². The zero-order chi connectivity index (χ0) is 11.1. The lowest BCUT2D eigenvalue weighted by Crippen LogP contribution is -2.26. The highest BCUT2D eigenvalue weighted by Gasteiger charge is 2.59. The third-order valence-corrected chi connectivity index (χ3v) is 3.39. The summed E-state index contributed by atoms with van der Waals surface area (Å²) in [6, 6.07) is 7.29. The van der Waals surface area contributed by atoms with Gasteiger partial charge in [0, 0.05) is 17.5 Å². The van der Waals surface area contributed by atoms with E-state index in [-0.39, 0.29) is 12.5 Å². The van der Waals surface area contributed by atoms with Crippen molar-refractivity contribution < 1.29 is 9.90 Å². The van der Waals surface area contributed by atoms with Gasteiger partial charge in [0.15, 0.2) is 0 Å². The molecule has 0 bridgehead atoms. The summed E-state index contributed by atoms with van der Waals surface area (Å²) in [5.74, 6) is -0.762. The highest BCUT2D eigenvalue weighted by Crippen LogP contribution is 2.58. The molecule has 2 atom stereocenters. The molecule has 1 aromatic carbocycles. The van der Waals surface area contributed by atoms with Crippen molar-refractivity contribution in [3.8, 4) is 0 Å². The van der Waals surface area contributed by atoms with Gasteiger partial charge < -0.3 is 10.8 Å². The van der Waals surface area contributed by atoms with Crippen molar-refractivity contribution in [3.63, 3.8) is 0 Å². The van der Waals surface area contributed by atoms with Crippen LogP contribution in [0.1, 0.15) is 17.9 Å². The van der Waals surface area contributed by atoms with E-state index in [1.165, 1.54) is 0 Å². The van der Waals surface area contributed by atoms with Crippen molar-refractivity contribution in [1.82, 2.24) is 0 Å². The second-order valence-electron chi connectivity index (χ2n) is 3.97. The Hall–Kier alpha value is -1.06. The maximum Gasteiger partial charge on any atom is 0.311 e. The first-order valence-corrected chi connectivity index (χ1v) is 5.17. The van der Waals surface area contributed by atoms with Crippen LogP contribution >= 0.6 is 11.6 Å². The number of benzene rings is 1. The van der Waals surface area contributed by atoms with Crippen LogP contribution in [0.2, 0.25) is 5.02 Å². The third-order valence-electron chi connectivity index (χ3n) is 3.14. The molecule has 0 aliphatic heterocycles. The smallest absolute Gasteiger partial charge is 0.311 e. The first-order chi connectivity index (χ1) is 7.10. The second kappa shape index (κ2) is 3.51. The zero-order valence-electron chi connectivity index (χ0n) is 8.11. The van der Waals surface area contributed by atoms with Gasteiger partial charge in [-0.25, -0.2) is 0 Å². The Labute approximate surface area is 92.8 Å². The number of halogens is 1. The van der Waals surface area contributed by atoms with Crippen molar-refractivity contribution in [2.75, 3.05) is 6.54 Å². The average molecular weight is 226 g/mol. The molecule has 0 saturated heterocycles. The van der Waals surface area contributed by atoms with Crippen LogP contribution in [0, 0.1) is 5.41 Å². The van der Waals surface area contributed by atoms with Crippen LogP contribution in [0.15, 0.2) is 24.3 Å². The Balaban J connectivity index is 2.22. The topological polar surface area (TPSA) is 63.3 Å². The Morgan fingerprint density at radius 3 is 2.53 bits per heavy atom. The third kappa shape index (κ3) is 1.62. The Morgan fingerprint density at radius 1 is 1.53 bits per heavy atom. The molecule has 1 aliphatic rings. The zero-order valence-corrected chi connectivity index (χ0v) is 8.87. The molecule has 0 heterocycles. The summed E-state index contributed by atoms with van der Waals surface area (Å²) < 4.78 is 0. The van der Waals surface area contributed by atoms with E-state index < -0.39 is 11.4 Å². The maximum absolute atomic E-state index is 11.1. The molecule has 0 spiro atoms. The van der Waals surface area contributed by atoms with Crippen LogP contribution in [0.5, 0.6) is 0 Å². The number of hydrogen-bond donors (Lipinski definition) is 2. The van der Waals surface area contributed by atoms with E-state index in [0.717, 1.165) is 5.56 Å². The van der Waals surface area contributed by atoms with Crippen LogP contribution in [0.4, 0.5) is 0 Å². The SMILES string of the molecule is NCC1(C(=O)O)CC1c1ccc(Cl)cc1. The van der Waals surface area contributed by atoms with Crippen molar-refractivity contribution in [2.45, 2.75) is 12.3 Å². The Kier molecular flexibility index (Phi) is 2.44. The minimum Gasteiger partial charge on any atom is -0.481 e. The second-order valence-corrected chi connectivity index (χ2v) is 4.41. The molecule has 1 fully saturated rings. The molecule has 1 saturated carbocycles. The quantitative estimate of drug-likeness (QED) is 0.825. The van der Waals surface area contributed by atoms with E-state index in [2.05, 4.69) is 0 Å². The molecule has 0 radical (unpaired) electrons. The molecular formula is C11H12ClNO2. The number of nitrogens with two attached hydrogens (primary N) is 1. The molecule has 2 rings (SSSR count). The molecule has 0 aromatic heterocycles. The van der Waals surface area contributed by atoms with Gasteiger partial charge in [-0.15, -0.1) is 0 Å². The summed E-state index contributed by atoms with van der Waals surface area (Å²) in [7, 11) is 0. The summed E-state index contributed by atoms with van der Waals surface area (Å²) in [6.07, 6.45) is 0.625. The minimum absolute atomic E-state index is 0.0391. The average Bonchev–Trinajstić information content (AvgIpc) is 2.95. The fourth-order valence-electron chi connectivity index (χ4n) is 1.99. The standard InChI is InChI=1S/C11H12ClNO2/c12-8-3-1-7(2-4-8)9-5-11(9,6-13)10(14)15/h1-4,9H,5-6,13H2,(H,14,15). The first kappa shape index (κ1) is 10.5. The first-order valence-electron chi connectivity index (χ1n) is 4.79. The largest absolute Gasteiger partial charge is 0.481 e. The number of hydrogen-bond acceptors (Lipinski definition) is 2. The van der Waals surface area contributed by atoms with Gasteiger partial charge in [0.1, 0.15) is 0 Å². The summed E-state index contributed by atoms with van der Waals surface area (Å²) in [5.41, 5.74) is 5.78. The van der Waals surface area contributed by atoms with Gasteiger partial charge in [0.25, 0.3) is 0 Å². The lowest BCUT2D eigenvalue weighted by atomic mass is 9.99. The molecule has 2 unspecified atom stereocenters. The molecule has 0 amide bonds. The molecule has 80 valence electrons. The van der Waals surface area contributed by atoms with Crippen LogP contribution in [0.25, 0.3) is 0 Å². The van der Waals surface area contributed by atoms with E-state index >= 15 is 0 Å². The van der Waals surface area contributed by atoms with Gasteiger partial charge in [0.05, 0.1) is 5.41 Å². The molecule has 3 nitrogen and oxygen atoms in total. The molecule has 4 heteroatoms. The van der Waals surface area contributed by atoms with Gasteiger partial charge in [-0.3, -0.25) is 4.79 Å². The lowest BCUT2D eigenvalue weighted by molar-refractivity contribution is -0.143. The minimum atomic E-state index is -0.801. The summed E-state index contributed by atoms with van der Waals surface area (Å²) in [6.45, 7) is 0.190. The van der Waals surface area contributed by atoms with E-state index in [1.54, 1.807) is 12.1 Å². The number of carboxylic acid groups (broad SMARTS) is 1. The summed E-state index contributed by atoms with van der Waals surface area (Å²) >= 11 is 5.76. The van der Waals surface area contributed by atoms with Crippen LogP contribution < -0.4 is 5.73 Å². The summed E-state index contributed by atoms with van der Waals surface area (Å²) in [4.78, 5) is 11.1. The molecule has 1 aliphatic carbocycles. The highest BCUT2D eigenvalue weighted by atomic mass is 35.5. The van der Waals surface area contributed by atoms with Gasteiger partial charge in [-0.1, -0.05) is 23.7 Å². The van der Waals surface area contributed by atoms with Crippen LogP contribution in [-0.2, 0) is 4.79 Å². The Bertz CT molecular complexity index is 390. The van der Waals surface area contributed by atoms with E-state index in [9.17, 15) is 4.79 Å². The highest BCUT2D eigenvalue weighted by molar-refractivity contribution is 6.30. The lowest BCUT2D eigenvalue weighted by Gasteiger charge is -2.08. The fourth-order valence-corrected chi connectivity index (χ4v) is 2.11. The molecule has 3 N–H and O–H groups in total. The predicted molar refractivity (Wildman–Crippen MR) is 57.9 cm³/mol. The number of carboxylic acids is 1. The number of aliphatic carboxylic acids is 1. The number of rotatable bonds is 3. The van der Waals surface area contributed by atoms with E-state index in [4.69, 9.17) is 22.4 Å². The van der Waals surface area contributed by atoms with E-state index in [1.807, 2.05) is 12.1 Å².